The summed E-state index contributed by atoms with van der Waals surface area (Å²) in [5.41, 5.74) is 4.95. The van der Waals surface area contributed by atoms with Crippen LogP contribution in [0.4, 0.5) is 4.79 Å². The van der Waals surface area contributed by atoms with E-state index in [-0.39, 0.29) is 11.8 Å². The first-order valence-corrected chi connectivity index (χ1v) is 4.11. The molecule has 0 saturated carbocycles. The molecule has 0 aromatic rings. The van der Waals surface area contributed by atoms with Crippen molar-refractivity contribution in [3.05, 3.63) is 0 Å². The highest BCUT2D eigenvalue weighted by atomic mass is 16.2. The van der Waals surface area contributed by atoms with E-state index in [9.17, 15) is 9.59 Å². The van der Waals surface area contributed by atoms with Crippen LogP contribution in [0, 0.1) is 5.92 Å². The maximum atomic E-state index is 11.4. The van der Waals surface area contributed by atoms with Crippen LogP contribution in [0.3, 0.4) is 0 Å². The van der Waals surface area contributed by atoms with Gasteiger partial charge >= 0.3 is 6.03 Å². The predicted molar refractivity (Wildman–Crippen MR) is 46.4 cm³/mol. The largest absolute Gasteiger partial charge is 0.351 e. The Morgan fingerprint density at radius 1 is 1.33 bits per heavy atom. The average Bonchev–Trinajstić information content (AvgIpc) is 2.05. The first-order chi connectivity index (χ1) is 5.54. The number of primary amides is 1. The highest BCUT2D eigenvalue weighted by Gasteiger charge is 2.21. The van der Waals surface area contributed by atoms with E-state index >= 15 is 0 Å². The van der Waals surface area contributed by atoms with Crippen molar-refractivity contribution >= 4 is 11.9 Å². The van der Waals surface area contributed by atoms with Crippen LogP contribution >= 0.6 is 0 Å². The zero-order valence-electron chi connectivity index (χ0n) is 7.83. The average molecular weight is 172 g/mol. The fourth-order valence-corrected chi connectivity index (χ4v) is 1.02. The molecule has 0 unspecified atom stereocenters. The van der Waals surface area contributed by atoms with Crippen molar-refractivity contribution in [2.45, 2.75) is 26.7 Å². The molecule has 0 aromatic carbocycles. The van der Waals surface area contributed by atoms with Gasteiger partial charge in [0.05, 0.1) is 0 Å². The molecule has 4 nitrogen and oxygen atoms in total. The highest BCUT2D eigenvalue weighted by molar-refractivity contribution is 5.94. The zero-order chi connectivity index (χ0) is 9.72. The molecule has 0 saturated heterocycles. The standard InChI is InChI=1S/C8H16N2O2/c1-4-6(5-2)7(11)10(3)8(9)12/h6H,4-5H2,1-3H3,(H2,9,12). The van der Waals surface area contributed by atoms with Crippen LogP contribution in [0.15, 0.2) is 0 Å². The lowest BCUT2D eigenvalue weighted by atomic mass is 10.0. The van der Waals surface area contributed by atoms with Crippen LogP contribution in [-0.4, -0.2) is 23.9 Å². The van der Waals surface area contributed by atoms with Gasteiger partial charge in [-0.3, -0.25) is 9.69 Å². The molecule has 70 valence electrons. The van der Waals surface area contributed by atoms with E-state index in [1.165, 1.54) is 7.05 Å². The van der Waals surface area contributed by atoms with Crippen molar-refractivity contribution in [1.29, 1.82) is 0 Å². The molecule has 0 aromatic heterocycles. The van der Waals surface area contributed by atoms with Gasteiger partial charge in [0.1, 0.15) is 0 Å². The lowest BCUT2D eigenvalue weighted by Crippen LogP contribution is -2.40. The Hall–Kier alpha value is -1.06. The van der Waals surface area contributed by atoms with Gasteiger partial charge in [0, 0.05) is 13.0 Å². The van der Waals surface area contributed by atoms with Gasteiger partial charge < -0.3 is 5.73 Å². The third kappa shape index (κ3) is 2.53. The van der Waals surface area contributed by atoms with Crippen LogP contribution < -0.4 is 5.73 Å². The van der Waals surface area contributed by atoms with Crippen LogP contribution in [0.5, 0.6) is 0 Å². The van der Waals surface area contributed by atoms with Gasteiger partial charge in [-0.1, -0.05) is 13.8 Å². The van der Waals surface area contributed by atoms with Gasteiger partial charge in [0.15, 0.2) is 0 Å². The third-order valence-electron chi connectivity index (χ3n) is 2.00. The Morgan fingerprint density at radius 2 is 1.75 bits per heavy atom. The Labute approximate surface area is 72.7 Å². The molecule has 0 rings (SSSR count). The molecule has 4 heteroatoms. The number of urea groups is 1. The van der Waals surface area contributed by atoms with Gasteiger partial charge in [0.25, 0.3) is 0 Å². The Morgan fingerprint density at radius 3 is 2.00 bits per heavy atom. The molecular formula is C8H16N2O2. The van der Waals surface area contributed by atoms with Crippen LogP contribution in [-0.2, 0) is 4.79 Å². The molecule has 0 radical (unpaired) electrons. The van der Waals surface area contributed by atoms with Crippen molar-refractivity contribution < 1.29 is 9.59 Å². The number of nitrogens with two attached hydrogens (primary N) is 1. The summed E-state index contributed by atoms with van der Waals surface area (Å²) in [6, 6.07) is -0.688. The first kappa shape index (κ1) is 10.9. The van der Waals surface area contributed by atoms with Gasteiger partial charge in [-0.2, -0.15) is 0 Å². The number of imide groups is 1. The summed E-state index contributed by atoms with van der Waals surface area (Å²) in [5, 5.41) is 0. The van der Waals surface area contributed by atoms with Gasteiger partial charge in [-0.25, -0.2) is 4.79 Å². The normalized spacial score (nSPS) is 10.0. The number of rotatable bonds is 3. The van der Waals surface area contributed by atoms with Crippen molar-refractivity contribution in [1.82, 2.24) is 4.90 Å². The van der Waals surface area contributed by atoms with Gasteiger partial charge in [0.2, 0.25) is 5.91 Å². The van der Waals surface area contributed by atoms with Crippen molar-refractivity contribution in [2.75, 3.05) is 7.05 Å². The molecule has 0 bridgehead atoms. The Balaban J connectivity index is 4.25. The summed E-state index contributed by atoms with van der Waals surface area (Å²) in [5.74, 6) is -0.269. The Kier molecular flexibility index (Phi) is 4.33. The second-order valence-corrected chi connectivity index (χ2v) is 2.75. The number of hydrogen-bond donors (Lipinski definition) is 1. The van der Waals surface area contributed by atoms with E-state index in [0.717, 1.165) is 17.7 Å². The molecule has 2 N–H and O–H groups in total. The lowest BCUT2D eigenvalue weighted by molar-refractivity contribution is -0.131. The predicted octanol–water partition coefficient (Wildman–Crippen LogP) is 0.960. The maximum Gasteiger partial charge on any atom is 0.321 e. The summed E-state index contributed by atoms with van der Waals surface area (Å²) in [4.78, 5) is 22.9. The quantitative estimate of drug-likeness (QED) is 0.689. The second-order valence-electron chi connectivity index (χ2n) is 2.75. The fraction of sp³-hybridized carbons (Fsp3) is 0.750. The molecule has 0 atom stereocenters. The second kappa shape index (κ2) is 4.74. The van der Waals surface area contributed by atoms with Crippen LogP contribution in [0.1, 0.15) is 26.7 Å². The number of carbonyl (C=O) groups excluding carboxylic acids is 2. The number of carbonyl (C=O) groups is 2. The number of amides is 3. The zero-order valence-corrected chi connectivity index (χ0v) is 7.83. The van der Waals surface area contributed by atoms with Crippen molar-refractivity contribution in [3.8, 4) is 0 Å². The monoisotopic (exact) mass is 172 g/mol. The van der Waals surface area contributed by atoms with E-state index in [4.69, 9.17) is 5.73 Å². The lowest BCUT2D eigenvalue weighted by Gasteiger charge is -2.18. The van der Waals surface area contributed by atoms with Gasteiger partial charge in [-0.05, 0) is 12.8 Å². The van der Waals surface area contributed by atoms with E-state index < -0.39 is 6.03 Å². The molecule has 0 aliphatic heterocycles. The number of nitrogens with zero attached hydrogens (tertiary/aromatic N) is 1. The molecule has 0 heterocycles. The van der Waals surface area contributed by atoms with E-state index in [1.54, 1.807) is 0 Å². The van der Waals surface area contributed by atoms with Crippen molar-refractivity contribution in [2.24, 2.45) is 11.7 Å². The molecule has 0 spiro atoms. The van der Waals surface area contributed by atoms with Crippen LogP contribution in [0.2, 0.25) is 0 Å². The summed E-state index contributed by atoms with van der Waals surface area (Å²) >= 11 is 0. The van der Waals surface area contributed by atoms with E-state index in [2.05, 4.69) is 0 Å². The summed E-state index contributed by atoms with van der Waals surface area (Å²) in [6.45, 7) is 3.84. The van der Waals surface area contributed by atoms with Gasteiger partial charge in [-0.15, -0.1) is 0 Å². The van der Waals surface area contributed by atoms with Crippen LogP contribution in [0.25, 0.3) is 0 Å². The fourth-order valence-electron chi connectivity index (χ4n) is 1.02. The minimum Gasteiger partial charge on any atom is -0.351 e. The summed E-state index contributed by atoms with van der Waals surface area (Å²) in [7, 11) is 1.41. The molecular weight excluding hydrogens is 156 g/mol. The molecule has 0 aliphatic rings. The first-order valence-electron chi connectivity index (χ1n) is 4.11. The van der Waals surface area contributed by atoms with E-state index in [1.807, 2.05) is 13.8 Å². The minimum absolute atomic E-state index is 0.0810. The SMILES string of the molecule is CCC(CC)C(=O)N(C)C(N)=O. The van der Waals surface area contributed by atoms with Crippen molar-refractivity contribution in [3.63, 3.8) is 0 Å². The highest BCUT2D eigenvalue weighted by Crippen LogP contribution is 2.10. The smallest absolute Gasteiger partial charge is 0.321 e. The summed E-state index contributed by atoms with van der Waals surface area (Å²) < 4.78 is 0. The van der Waals surface area contributed by atoms with E-state index in [0.29, 0.717) is 0 Å². The molecule has 0 fully saturated rings. The Bertz CT molecular complexity index is 176. The number of hydrogen-bond acceptors (Lipinski definition) is 2. The maximum absolute atomic E-state index is 11.4. The molecule has 12 heavy (non-hydrogen) atoms. The summed E-state index contributed by atoms with van der Waals surface area (Å²) in [6.07, 6.45) is 1.49. The molecule has 0 aliphatic carbocycles. The minimum atomic E-state index is -0.688. The topological polar surface area (TPSA) is 63.4 Å². The molecule has 3 amide bonds. The third-order valence-corrected chi connectivity index (χ3v) is 2.00.